The molecule has 0 aliphatic heterocycles. The Hall–Kier alpha value is -3.72. The molecule has 0 saturated heterocycles. The Morgan fingerprint density at radius 2 is 1.57 bits per heavy atom. The van der Waals surface area contributed by atoms with E-state index in [1.807, 2.05) is 0 Å². The fraction of sp³-hybridized carbons (Fsp3) is 0.0952. The topological polar surface area (TPSA) is 107 Å². The van der Waals surface area contributed by atoms with Crippen molar-refractivity contribution in [2.45, 2.75) is 11.8 Å². The van der Waals surface area contributed by atoms with Crippen molar-refractivity contribution in [1.82, 2.24) is 0 Å². The monoisotopic (exact) mass is 426 g/mol. The molecule has 0 bridgehead atoms. The smallest absolute Gasteiger partial charge is 0.282 e. The van der Waals surface area contributed by atoms with Gasteiger partial charge in [0.05, 0.1) is 22.1 Å². The first kappa shape index (κ1) is 21.0. The molecule has 0 heterocycles. The molecule has 0 atom stereocenters. The van der Waals surface area contributed by atoms with E-state index in [-0.39, 0.29) is 16.1 Å². The number of ether oxygens (including phenoxy) is 1. The number of nitrogens with zero attached hydrogens (tertiary/aromatic N) is 2. The number of nitro groups is 1. The van der Waals surface area contributed by atoms with Crippen molar-refractivity contribution in [1.29, 1.82) is 0 Å². The van der Waals surface area contributed by atoms with E-state index in [2.05, 4.69) is 0 Å². The maximum atomic E-state index is 13.3. The number of hydrogen-bond donors (Lipinski definition) is 0. The summed E-state index contributed by atoms with van der Waals surface area (Å²) in [6.45, 7) is 2.22. The highest BCUT2D eigenvalue weighted by Gasteiger charge is 2.35. The van der Waals surface area contributed by atoms with Crippen LogP contribution in [0.2, 0.25) is 0 Å². The van der Waals surface area contributed by atoms with Crippen molar-refractivity contribution in [2.24, 2.45) is 0 Å². The highest BCUT2D eigenvalue weighted by atomic mass is 32.2. The second-order valence-corrected chi connectivity index (χ2v) is 7.88. The van der Waals surface area contributed by atoms with Crippen LogP contribution in [0.3, 0.4) is 0 Å². The summed E-state index contributed by atoms with van der Waals surface area (Å²) in [5, 5.41) is 11.4. The second-order valence-electron chi connectivity index (χ2n) is 6.09. The Labute approximate surface area is 173 Å². The number of nitro benzene ring substituents is 1. The number of benzene rings is 3. The lowest BCUT2D eigenvalue weighted by molar-refractivity contribution is -0.385. The van der Waals surface area contributed by atoms with Gasteiger partial charge in [-0.25, -0.2) is 8.42 Å². The Bertz CT molecular complexity index is 1160. The summed E-state index contributed by atoms with van der Waals surface area (Å²) in [6, 6.07) is 18.5. The van der Waals surface area contributed by atoms with Gasteiger partial charge in [0.25, 0.3) is 21.6 Å². The van der Waals surface area contributed by atoms with Crippen LogP contribution >= 0.6 is 0 Å². The minimum absolute atomic E-state index is 0.0328. The molecular formula is C21H18N2O6S. The summed E-state index contributed by atoms with van der Waals surface area (Å²) in [5.74, 6) is -0.535. The molecule has 0 saturated carbocycles. The van der Waals surface area contributed by atoms with Gasteiger partial charge in [0, 0.05) is 6.07 Å². The summed E-state index contributed by atoms with van der Waals surface area (Å²) in [7, 11) is -4.35. The zero-order valence-electron chi connectivity index (χ0n) is 16.0. The molecule has 0 spiro atoms. The lowest BCUT2D eigenvalue weighted by atomic mass is 10.1. The first-order chi connectivity index (χ1) is 14.4. The summed E-state index contributed by atoms with van der Waals surface area (Å²) < 4.78 is 32.6. The van der Waals surface area contributed by atoms with Crippen LogP contribution in [0.15, 0.2) is 83.8 Å². The molecule has 0 unspecified atom stereocenters. The van der Waals surface area contributed by atoms with Gasteiger partial charge in [0.1, 0.15) is 11.3 Å². The third kappa shape index (κ3) is 4.15. The number of amides is 1. The molecule has 3 rings (SSSR count). The number of sulfonamides is 1. The highest BCUT2D eigenvalue weighted by molar-refractivity contribution is 7.93. The first-order valence-corrected chi connectivity index (χ1v) is 10.4. The lowest BCUT2D eigenvalue weighted by Crippen LogP contribution is -2.37. The van der Waals surface area contributed by atoms with E-state index < -0.39 is 26.5 Å². The van der Waals surface area contributed by atoms with Gasteiger partial charge in [-0.05, 0) is 49.4 Å². The van der Waals surface area contributed by atoms with Crippen molar-refractivity contribution in [3.8, 4) is 5.75 Å². The van der Waals surface area contributed by atoms with E-state index in [1.165, 1.54) is 66.7 Å². The number of hydrogen-bond acceptors (Lipinski definition) is 6. The average molecular weight is 426 g/mol. The van der Waals surface area contributed by atoms with Crippen molar-refractivity contribution >= 4 is 27.3 Å². The van der Waals surface area contributed by atoms with Crippen LogP contribution in [0.25, 0.3) is 0 Å². The van der Waals surface area contributed by atoms with E-state index in [0.717, 1.165) is 6.07 Å². The molecule has 0 radical (unpaired) electrons. The van der Waals surface area contributed by atoms with E-state index >= 15 is 0 Å². The quantitative estimate of drug-likeness (QED) is 0.417. The van der Waals surface area contributed by atoms with Crippen LogP contribution in [0, 0.1) is 10.1 Å². The minimum Gasteiger partial charge on any atom is -0.494 e. The van der Waals surface area contributed by atoms with E-state index in [1.54, 1.807) is 13.0 Å². The van der Waals surface area contributed by atoms with Gasteiger partial charge >= 0.3 is 0 Å². The maximum absolute atomic E-state index is 13.3. The van der Waals surface area contributed by atoms with E-state index in [0.29, 0.717) is 16.7 Å². The molecule has 154 valence electrons. The third-order valence-electron chi connectivity index (χ3n) is 4.18. The number of carbonyl (C=O) groups is 1. The van der Waals surface area contributed by atoms with Gasteiger partial charge in [0.15, 0.2) is 0 Å². The van der Waals surface area contributed by atoms with Crippen LogP contribution in [0.1, 0.15) is 17.3 Å². The SMILES string of the molecule is CCOc1ccc(N(C(=O)c2ccccc2[N+](=O)[O-])S(=O)(=O)c2ccccc2)cc1. The lowest BCUT2D eigenvalue weighted by Gasteiger charge is -2.23. The summed E-state index contributed by atoms with van der Waals surface area (Å²) >= 11 is 0. The van der Waals surface area contributed by atoms with Crippen molar-refractivity contribution in [3.63, 3.8) is 0 Å². The van der Waals surface area contributed by atoms with Crippen molar-refractivity contribution in [3.05, 3.63) is 94.5 Å². The van der Waals surface area contributed by atoms with E-state index in [4.69, 9.17) is 4.74 Å². The van der Waals surface area contributed by atoms with Crippen molar-refractivity contribution in [2.75, 3.05) is 10.9 Å². The molecule has 3 aromatic carbocycles. The number of carbonyl (C=O) groups excluding carboxylic acids is 1. The van der Waals surface area contributed by atoms with Gasteiger partial charge in [-0.2, -0.15) is 4.31 Å². The minimum atomic E-state index is -4.35. The molecule has 0 aliphatic carbocycles. The van der Waals surface area contributed by atoms with Gasteiger partial charge < -0.3 is 4.74 Å². The third-order valence-corrected chi connectivity index (χ3v) is 5.90. The molecular weight excluding hydrogens is 408 g/mol. The zero-order chi connectivity index (χ0) is 21.7. The molecule has 8 nitrogen and oxygen atoms in total. The van der Waals surface area contributed by atoms with Crippen LogP contribution in [0.4, 0.5) is 11.4 Å². The van der Waals surface area contributed by atoms with Gasteiger partial charge in [-0.1, -0.05) is 30.3 Å². The molecule has 30 heavy (non-hydrogen) atoms. The van der Waals surface area contributed by atoms with Crippen molar-refractivity contribution < 1.29 is 22.9 Å². The normalized spacial score (nSPS) is 11.0. The van der Waals surface area contributed by atoms with Crippen LogP contribution < -0.4 is 9.04 Å². The largest absolute Gasteiger partial charge is 0.494 e. The molecule has 0 N–H and O–H groups in total. The molecule has 9 heteroatoms. The molecule has 0 aromatic heterocycles. The van der Waals surface area contributed by atoms with Crippen LogP contribution in [-0.2, 0) is 10.0 Å². The second kappa shape index (κ2) is 8.75. The maximum Gasteiger partial charge on any atom is 0.282 e. The highest BCUT2D eigenvalue weighted by Crippen LogP contribution is 2.30. The number of para-hydroxylation sites is 1. The van der Waals surface area contributed by atoms with Gasteiger partial charge in [0.2, 0.25) is 0 Å². The fourth-order valence-corrected chi connectivity index (χ4v) is 4.26. The Balaban J connectivity index is 2.18. The number of anilines is 1. The Morgan fingerprint density at radius 1 is 0.967 bits per heavy atom. The van der Waals surface area contributed by atoms with Crippen LogP contribution in [0.5, 0.6) is 5.75 Å². The standard InChI is InChI=1S/C21H18N2O6S/c1-2-29-17-14-12-16(13-15-17)22(30(27,28)18-8-4-3-5-9-18)21(24)19-10-6-7-11-20(19)23(25)26/h3-15H,2H2,1H3. The molecule has 1 amide bonds. The molecule has 0 aliphatic rings. The van der Waals surface area contributed by atoms with Gasteiger partial charge in [-0.15, -0.1) is 0 Å². The van der Waals surface area contributed by atoms with E-state index in [9.17, 15) is 23.3 Å². The van der Waals surface area contributed by atoms with Crippen LogP contribution in [-0.4, -0.2) is 25.9 Å². The summed E-state index contributed by atoms with van der Waals surface area (Å²) in [5.41, 5.74) is -0.789. The first-order valence-electron chi connectivity index (χ1n) is 8.97. The summed E-state index contributed by atoms with van der Waals surface area (Å²) in [4.78, 5) is 23.9. The molecule has 0 fully saturated rings. The molecule has 3 aromatic rings. The predicted molar refractivity (Wildman–Crippen MR) is 111 cm³/mol. The van der Waals surface area contributed by atoms with Gasteiger partial charge in [-0.3, -0.25) is 14.9 Å². The predicted octanol–water partition coefficient (Wildman–Crippen LogP) is 4.03. The average Bonchev–Trinajstić information content (AvgIpc) is 2.75. The zero-order valence-corrected chi connectivity index (χ0v) is 16.8. The fourth-order valence-electron chi connectivity index (χ4n) is 2.83. The number of rotatable bonds is 7. The summed E-state index contributed by atoms with van der Waals surface area (Å²) in [6.07, 6.45) is 0. The Kier molecular flexibility index (Phi) is 6.12. The Morgan fingerprint density at radius 3 is 2.17 bits per heavy atom.